The van der Waals surface area contributed by atoms with Gasteiger partial charge in [-0.2, -0.15) is 0 Å². The Bertz CT molecular complexity index is 796. The summed E-state index contributed by atoms with van der Waals surface area (Å²) in [6.07, 6.45) is 1.83. The summed E-state index contributed by atoms with van der Waals surface area (Å²) in [5.41, 5.74) is 3.08. The van der Waals surface area contributed by atoms with E-state index < -0.39 is 0 Å². The zero-order valence-electron chi connectivity index (χ0n) is 12.1. The van der Waals surface area contributed by atoms with E-state index in [0.717, 1.165) is 27.8 Å². The molecule has 0 saturated heterocycles. The molecule has 0 unspecified atom stereocenters. The van der Waals surface area contributed by atoms with Crippen molar-refractivity contribution in [2.75, 3.05) is 5.32 Å². The lowest BCUT2D eigenvalue weighted by Gasteiger charge is -2.09. The lowest BCUT2D eigenvalue weighted by molar-refractivity contribution is 0.907. The first-order valence-electron chi connectivity index (χ1n) is 6.90. The van der Waals surface area contributed by atoms with Crippen LogP contribution in [0.25, 0.3) is 11.3 Å². The fourth-order valence-electron chi connectivity index (χ4n) is 2.31. The summed E-state index contributed by atoms with van der Waals surface area (Å²) in [5.74, 6) is 0.787. The van der Waals surface area contributed by atoms with Gasteiger partial charge in [0.25, 0.3) is 0 Å². The van der Waals surface area contributed by atoms with Crippen molar-refractivity contribution < 1.29 is 0 Å². The van der Waals surface area contributed by atoms with E-state index in [-0.39, 0.29) is 0 Å². The molecule has 0 aliphatic heterocycles. The molecule has 0 fully saturated rings. The Balaban J connectivity index is 1.81. The van der Waals surface area contributed by atoms with E-state index in [1.54, 1.807) is 0 Å². The summed E-state index contributed by atoms with van der Waals surface area (Å²) in [6, 6.07) is 15.5. The largest absolute Gasteiger partial charge is 0.352 e. The summed E-state index contributed by atoms with van der Waals surface area (Å²) < 4.78 is 2.00. The third-order valence-corrected chi connectivity index (χ3v) is 4.11. The van der Waals surface area contributed by atoms with Crippen LogP contribution in [0.1, 0.15) is 5.56 Å². The van der Waals surface area contributed by atoms with Crippen molar-refractivity contribution in [3.05, 3.63) is 70.3 Å². The Morgan fingerprint density at radius 1 is 1.09 bits per heavy atom. The second-order valence-electron chi connectivity index (χ2n) is 4.98. The summed E-state index contributed by atoms with van der Waals surface area (Å²) in [7, 11) is 1.97. The van der Waals surface area contributed by atoms with Gasteiger partial charge in [-0.1, -0.05) is 53.5 Å². The average molecular weight is 332 g/mol. The van der Waals surface area contributed by atoms with Crippen LogP contribution in [0.2, 0.25) is 10.0 Å². The first kappa shape index (κ1) is 14.9. The number of hydrogen-bond acceptors (Lipinski definition) is 2. The third kappa shape index (κ3) is 3.11. The molecule has 3 aromatic rings. The lowest BCUT2D eigenvalue weighted by Crippen LogP contribution is -2.06. The summed E-state index contributed by atoms with van der Waals surface area (Å²) in [5, 5.41) is 4.77. The van der Waals surface area contributed by atoms with Crippen LogP contribution in [0.15, 0.2) is 54.7 Å². The molecular formula is C17H15Cl2N3. The van der Waals surface area contributed by atoms with Gasteiger partial charge >= 0.3 is 0 Å². The van der Waals surface area contributed by atoms with E-state index in [2.05, 4.69) is 10.3 Å². The molecule has 22 heavy (non-hydrogen) atoms. The van der Waals surface area contributed by atoms with Crippen molar-refractivity contribution in [1.82, 2.24) is 9.55 Å². The molecule has 2 aromatic carbocycles. The Kier molecular flexibility index (Phi) is 4.36. The molecule has 3 rings (SSSR count). The van der Waals surface area contributed by atoms with Crippen molar-refractivity contribution in [2.45, 2.75) is 6.54 Å². The van der Waals surface area contributed by atoms with Gasteiger partial charge in [-0.05, 0) is 23.8 Å². The molecule has 3 nitrogen and oxygen atoms in total. The number of halogens is 2. The van der Waals surface area contributed by atoms with Gasteiger partial charge in [-0.3, -0.25) is 0 Å². The highest BCUT2D eigenvalue weighted by molar-refractivity contribution is 6.31. The lowest BCUT2D eigenvalue weighted by atomic mass is 10.2. The van der Waals surface area contributed by atoms with Crippen LogP contribution in [0, 0.1) is 0 Å². The molecule has 0 spiro atoms. The SMILES string of the molecule is Cn1c(-c2cccc(Cl)c2)cnc1NCc1ccccc1Cl. The van der Waals surface area contributed by atoms with E-state index in [0.29, 0.717) is 11.6 Å². The normalized spacial score (nSPS) is 10.7. The van der Waals surface area contributed by atoms with Crippen LogP contribution in [0.3, 0.4) is 0 Å². The number of aromatic nitrogens is 2. The number of nitrogens with one attached hydrogen (secondary N) is 1. The van der Waals surface area contributed by atoms with Gasteiger partial charge in [0.1, 0.15) is 0 Å². The van der Waals surface area contributed by atoms with Gasteiger partial charge in [0.2, 0.25) is 5.95 Å². The van der Waals surface area contributed by atoms with Crippen LogP contribution in [0.4, 0.5) is 5.95 Å². The first-order chi connectivity index (χ1) is 10.6. The fourth-order valence-corrected chi connectivity index (χ4v) is 2.70. The molecule has 1 aromatic heterocycles. The second-order valence-corrected chi connectivity index (χ2v) is 5.83. The maximum Gasteiger partial charge on any atom is 0.203 e. The maximum absolute atomic E-state index is 6.17. The monoisotopic (exact) mass is 331 g/mol. The van der Waals surface area contributed by atoms with Crippen LogP contribution >= 0.6 is 23.2 Å². The molecule has 112 valence electrons. The van der Waals surface area contributed by atoms with Crippen molar-refractivity contribution in [3.63, 3.8) is 0 Å². The fraction of sp³-hybridized carbons (Fsp3) is 0.118. The van der Waals surface area contributed by atoms with Crippen molar-refractivity contribution in [1.29, 1.82) is 0 Å². The van der Waals surface area contributed by atoms with E-state index in [9.17, 15) is 0 Å². The van der Waals surface area contributed by atoms with Gasteiger partial charge in [0.15, 0.2) is 0 Å². The number of rotatable bonds is 4. The first-order valence-corrected chi connectivity index (χ1v) is 7.65. The second kappa shape index (κ2) is 6.42. The van der Waals surface area contributed by atoms with Gasteiger partial charge in [-0.25, -0.2) is 4.98 Å². The highest BCUT2D eigenvalue weighted by atomic mass is 35.5. The Hall–Kier alpha value is -1.97. The summed E-state index contributed by atoms with van der Waals surface area (Å²) in [4.78, 5) is 4.43. The highest BCUT2D eigenvalue weighted by Gasteiger charge is 2.09. The van der Waals surface area contributed by atoms with Crippen LogP contribution in [0.5, 0.6) is 0 Å². The predicted molar refractivity (Wildman–Crippen MR) is 92.4 cm³/mol. The Morgan fingerprint density at radius 3 is 2.68 bits per heavy atom. The quantitative estimate of drug-likeness (QED) is 0.728. The zero-order chi connectivity index (χ0) is 15.5. The molecule has 0 aliphatic rings. The average Bonchev–Trinajstić information content (AvgIpc) is 2.87. The summed E-state index contributed by atoms with van der Waals surface area (Å²) >= 11 is 12.2. The number of benzene rings is 2. The number of anilines is 1. The van der Waals surface area contributed by atoms with Gasteiger partial charge < -0.3 is 9.88 Å². The number of hydrogen-bond donors (Lipinski definition) is 1. The van der Waals surface area contributed by atoms with E-state index in [1.165, 1.54) is 0 Å². The van der Waals surface area contributed by atoms with E-state index in [4.69, 9.17) is 23.2 Å². The van der Waals surface area contributed by atoms with Gasteiger partial charge in [0, 0.05) is 29.2 Å². The van der Waals surface area contributed by atoms with Gasteiger partial charge in [-0.15, -0.1) is 0 Å². The molecule has 0 aliphatic carbocycles. The van der Waals surface area contributed by atoms with E-state index in [1.807, 2.05) is 66.3 Å². The van der Waals surface area contributed by atoms with Crippen LogP contribution < -0.4 is 5.32 Å². The predicted octanol–water partition coefficient (Wildman–Crippen LogP) is 5.01. The maximum atomic E-state index is 6.17. The molecule has 1 N–H and O–H groups in total. The topological polar surface area (TPSA) is 29.9 Å². The van der Waals surface area contributed by atoms with Crippen molar-refractivity contribution >= 4 is 29.2 Å². The van der Waals surface area contributed by atoms with Gasteiger partial charge in [0.05, 0.1) is 11.9 Å². The summed E-state index contributed by atoms with van der Waals surface area (Å²) in [6.45, 7) is 0.625. The molecule has 0 saturated carbocycles. The smallest absolute Gasteiger partial charge is 0.203 e. The highest BCUT2D eigenvalue weighted by Crippen LogP contribution is 2.25. The zero-order valence-corrected chi connectivity index (χ0v) is 13.6. The standard InChI is InChI=1S/C17H15Cl2N3/c1-22-16(12-6-4-7-14(18)9-12)11-21-17(22)20-10-13-5-2-3-8-15(13)19/h2-9,11H,10H2,1H3,(H,20,21). The molecule has 1 heterocycles. The van der Waals surface area contributed by atoms with Crippen LogP contribution in [-0.2, 0) is 13.6 Å². The molecular weight excluding hydrogens is 317 g/mol. The molecule has 0 amide bonds. The molecule has 0 atom stereocenters. The molecule has 0 bridgehead atoms. The Labute approximate surface area is 139 Å². The minimum atomic E-state index is 0.625. The third-order valence-electron chi connectivity index (χ3n) is 3.50. The van der Waals surface area contributed by atoms with E-state index >= 15 is 0 Å². The number of nitrogens with zero attached hydrogens (tertiary/aromatic N) is 2. The van der Waals surface area contributed by atoms with Crippen molar-refractivity contribution in [2.24, 2.45) is 7.05 Å². The molecule has 5 heteroatoms. The Morgan fingerprint density at radius 2 is 1.91 bits per heavy atom. The minimum Gasteiger partial charge on any atom is -0.352 e. The molecule has 0 radical (unpaired) electrons. The minimum absolute atomic E-state index is 0.625. The van der Waals surface area contributed by atoms with Crippen molar-refractivity contribution in [3.8, 4) is 11.3 Å². The number of imidazole rings is 1. The van der Waals surface area contributed by atoms with Crippen LogP contribution in [-0.4, -0.2) is 9.55 Å².